The van der Waals surface area contributed by atoms with Crippen LogP contribution in [0.15, 0.2) is 18.3 Å². The van der Waals surface area contributed by atoms with Crippen molar-refractivity contribution in [3.05, 3.63) is 23.9 Å². The summed E-state index contributed by atoms with van der Waals surface area (Å²) in [6.45, 7) is 2.07. The fraction of sp³-hybridized carbons (Fsp3) is 0.571. The Morgan fingerprint density at radius 1 is 1.21 bits per heavy atom. The molecule has 0 spiro atoms. The first-order chi connectivity index (χ1) is 9.24. The van der Waals surface area contributed by atoms with Crippen molar-refractivity contribution in [3.63, 3.8) is 0 Å². The van der Waals surface area contributed by atoms with E-state index in [1.165, 1.54) is 31.2 Å². The maximum Gasteiger partial charge on any atom is 0.243 e. The van der Waals surface area contributed by atoms with Crippen molar-refractivity contribution in [1.29, 1.82) is 0 Å². The maximum absolute atomic E-state index is 4.53. The van der Waals surface area contributed by atoms with Crippen molar-refractivity contribution in [2.75, 3.05) is 12.4 Å². The summed E-state index contributed by atoms with van der Waals surface area (Å²) < 4.78 is 1.83. The molecule has 0 amide bonds. The molecule has 102 valence electrons. The van der Waals surface area contributed by atoms with E-state index in [2.05, 4.69) is 33.7 Å². The van der Waals surface area contributed by atoms with Crippen molar-refractivity contribution in [2.45, 2.75) is 44.7 Å². The monoisotopic (exact) mass is 259 g/mol. The highest BCUT2D eigenvalue weighted by molar-refractivity contribution is 5.45. The number of nitrogens with one attached hydrogen (secondary N) is 2. The molecular weight excluding hydrogens is 238 g/mol. The molecule has 0 aliphatic heterocycles. The summed E-state index contributed by atoms with van der Waals surface area (Å²) in [4.78, 5) is 4.53. The number of aromatic nitrogens is 3. The Hall–Kier alpha value is -1.62. The number of nitrogens with zero attached hydrogens (tertiary/aromatic N) is 3. The van der Waals surface area contributed by atoms with Crippen LogP contribution >= 0.6 is 0 Å². The van der Waals surface area contributed by atoms with E-state index in [1.54, 1.807) is 0 Å². The highest BCUT2D eigenvalue weighted by atomic mass is 15.3. The van der Waals surface area contributed by atoms with Crippen LogP contribution < -0.4 is 10.6 Å². The van der Waals surface area contributed by atoms with Crippen molar-refractivity contribution in [3.8, 4) is 0 Å². The van der Waals surface area contributed by atoms with E-state index >= 15 is 0 Å². The molecule has 2 aromatic rings. The van der Waals surface area contributed by atoms with Gasteiger partial charge in [0.25, 0.3) is 0 Å². The molecular formula is C14H21N5. The van der Waals surface area contributed by atoms with Crippen LogP contribution in [0.1, 0.15) is 31.2 Å². The normalized spacial score (nSPS) is 23.7. The average Bonchev–Trinajstić information content (AvgIpc) is 2.81. The lowest BCUT2D eigenvalue weighted by Gasteiger charge is -2.28. The molecule has 0 saturated heterocycles. The Labute approximate surface area is 113 Å². The maximum atomic E-state index is 4.53. The van der Waals surface area contributed by atoms with Gasteiger partial charge in [-0.05, 0) is 57.4 Å². The molecule has 5 heteroatoms. The van der Waals surface area contributed by atoms with Crippen LogP contribution in [0.4, 0.5) is 5.95 Å². The van der Waals surface area contributed by atoms with Crippen LogP contribution in [0.3, 0.4) is 0 Å². The number of anilines is 1. The lowest BCUT2D eigenvalue weighted by atomic mass is 9.91. The lowest BCUT2D eigenvalue weighted by Crippen LogP contribution is -2.35. The van der Waals surface area contributed by atoms with E-state index in [0.717, 1.165) is 11.6 Å². The van der Waals surface area contributed by atoms with E-state index in [9.17, 15) is 0 Å². The predicted molar refractivity (Wildman–Crippen MR) is 76.5 cm³/mol. The molecule has 5 nitrogen and oxygen atoms in total. The minimum atomic E-state index is 0.503. The van der Waals surface area contributed by atoms with Gasteiger partial charge in [-0.15, -0.1) is 5.10 Å². The third-order valence-electron chi connectivity index (χ3n) is 3.96. The molecule has 3 rings (SSSR count). The van der Waals surface area contributed by atoms with Crippen LogP contribution in [0.25, 0.3) is 5.65 Å². The van der Waals surface area contributed by atoms with Gasteiger partial charge < -0.3 is 10.6 Å². The van der Waals surface area contributed by atoms with Crippen molar-refractivity contribution >= 4 is 11.6 Å². The third-order valence-corrected chi connectivity index (χ3v) is 3.96. The van der Waals surface area contributed by atoms with Gasteiger partial charge in [-0.2, -0.15) is 4.98 Å². The van der Waals surface area contributed by atoms with Crippen LogP contribution in [0.2, 0.25) is 0 Å². The predicted octanol–water partition coefficient (Wildman–Crippen LogP) is 1.98. The molecule has 0 bridgehead atoms. The zero-order chi connectivity index (χ0) is 13.2. The quantitative estimate of drug-likeness (QED) is 0.885. The zero-order valence-electron chi connectivity index (χ0n) is 11.6. The Morgan fingerprint density at radius 2 is 1.95 bits per heavy atom. The fourth-order valence-corrected chi connectivity index (χ4v) is 2.75. The van der Waals surface area contributed by atoms with Gasteiger partial charge in [0.2, 0.25) is 5.95 Å². The third kappa shape index (κ3) is 2.71. The zero-order valence-corrected chi connectivity index (χ0v) is 11.6. The van der Waals surface area contributed by atoms with Crippen molar-refractivity contribution in [1.82, 2.24) is 19.9 Å². The Balaban J connectivity index is 1.68. The average molecular weight is 259 g/mol. The summed E-state index contributed by atoms with van der Waals surface area (Å²) in [7, 11) is 2.05. The molecule has 0 atom stereocenters. The number of aryl methyl sites for hydroxylation is 1. The molecule has 2 N–H and O–H groups in total. The largest absolute Gasteiger partial charge is 0.350 e. The minimum Gasteiger partial charge on any atom is -0.350 e. The summed E-state index contributed by atoms with van der Waals surface area (Å²) in [6.07, 6.45) is 6.77. The highest BCUT2D eigenvalue weighted by Crippen LogP contribution is 2.21. The minimum absolute atomic E-state index is 0.503. The van der Waals surface area contributed by atoms with Gasteiger partial charge in [0.15, 0.2) is 5.65 Å². The van der Waals surface area contributed by atoms with Gasteiger partial charge in [-0.1, -0.05) is 0 Å². The van der Waals surface area contributed by atoms with E-state index in [-0.39, 0.29) is 0 Å². The number of fused-ring (bicyclic) bond motifs is 1. The molecule has 2 heterocycles. The topological polar surface area (TPSA) is 54.2 Å². The smallest absolute Gasteiger partial charge is 0.243 e. The van der Waals surface area contributed by atoms with Crippen LogP contribution in [0, 0.1) is 6.92 Å². The number of rotatable bonds is 3. The standard InChI is InChI=1S/C14H21N5/c1-10-7-8-19-13(9-10)17-14(18-19)16-12-5-3-11(15-2)4-6-12/h7-9,11-12,15H,3-6H2,1-2H3,(H,16,18). The Morgan fingerprint density at radius 3 is 2.68 bits per heavy atom. The van der Waals surface area contributed by atoms with Crippen molar-refractivity contribution in [2.24, 2.45) is 0 Å². The first-order valence-electron chi connectivity index (χ1n) is 7.01. The summed E-state index contributed by atoms with van der Waals surface area (Å²) in [5.41, 5.74) is 2.12. The number of hydrogen-bond acceptors (Lipinski definition) is 4. The molecule has 2 aromatic heterocycles. The van der Waals surface area contributed by atoms with Crippen LogP contribution in [-0.2, 0) is 0 Å². The molecule has 1 saturated carbocycles. The lowest BCUT2D eigenvalue weighted by molar-refractivity contribution is 0.370. The first-order valence-corrected chi connectivity index (χ1v) is 7.01. The van der Waals surface area contributed by atoms with Crippen LogP contribution in [0.5, 0.6) is 0 Å². The van der Waals surface area contributed by atoms with Gasteiger partial charge in [0.05, 0.1) is 0 Å². The molecule has 0 radical (unpaired) electrons. The second-order valence-electron chi connectivity index (χ2n) is 5.42. The molecule has 0 aromatic carbocycles. The van der Waals surface area contributed by atoms with E-state index in [4.69, 9.17) is 0 Å². The fourth-order valence-electron chi connectivity index (χ4n) is 2.75. The Bertz CT molecular complexity index is 554. The molecule has 1 aliphatic carbocycles. The van der Waals surface area contributed by atoms with Gasteiger partial charge in [-0.3, -0.25) is 0 Å². The van der Waals surface area contributed by atoms with Gasteiger partial charge in [0.1, 0.15) is 0 Å². The molecule has 0 unspecified atom stereocenters. The van der Waals surface area contributed by atoms with Crippen molar-refractivity contribution < 1.29 is 0 Å². The Kier molecular flexibility index (Phi) is 3.38. The molecule has 1 fully saturated rings. The van der Waals surface area contributed by atoms with E-state index < -0.39 is 0 Å². The van der Waals surface area contributed by atoms with Gasteiger partial charge >= 0.3 is 0 Å². The van der Waals surface area contributed by atoms with E-state index in [1.807, 2.05) is 23.8 Å². The first kappa shape index (κ1) is 12.4. The second-order valence-corrected chi connectivity index (χ2v) is 5.42. The van der Waals surface area contributed by atoms with E-state index in [0.29, 0.717) is 12.1 Å². The summed E-state index contributed by atoms with van der Waals surface area (Å²) in [5, 5.41) is 11.3. The SMILES string of the molecule is CNC1CCC(Nc2nc3cc(C)ccn3n2)CC1. The number of pyridine rings is 1. The second kappa shape index (κ2) is 5.17. The van der Waals surface area contributed by atoms with Gasteiger partial charge in [0, 0.05) is 18.3 Å². The van der Waals surface area contributed by atoms with Gasteiger partial charge in [-0.25, -0.2) is 4.52 Å². The highest BCUT2D eigenvalue weighted by Gasteiger charge is 2.20. The summed E-state index contributed by atoms with van der Waals surface area (Å²) in [5.74, 6) is 0.749. The molecule has 19 heavy (non-hydrogen) atoms. The molecule has 1 aliphatic rings. The van der Waals surface area contributed by atoms with Crippen LogP contribution in [-0.4, -0.2) is 33.7 Å². The number of hydrogen-bond donors (Lipinski definition) is 2. The summed E-state index contributed by atoms with van der Waals surface area (Å²) >= 11 is 0. The summed E-state index contributed by atoms with van der Waals surface area (Å²) in [6, 6.07) is 5.28.